The molecule has 1 aliphatic heterocycles. The Bertz CT molecular complexity index is 755. The van der Waals surface area contributed by atoms with Gasteiger partial charge in [-0.3, -0.25) is 4.79 Å². The molecule has 0 aliphatic carbocycles. The summed E-state index contributed by atoms with van der Waals surface area (Å²) in [5.41, 5.74) is 3.44. The Morgan fingerprint density at radius 2 is 1.72 bits per heavy atom. The summed E-state index contributed by atoms with van der Waals surface area (Å²) in [6.45, 7) is 4.61. The highest BCUT2D eigenvalue weighted by atomic mass is 16.5. The molecule has 25 heavy (non-hydrogen) atoms. The van der Waals surface area contributed by atoms with Crippen molar-refractivity contribution in [1.82, 2.24) is 4.90 Å². The van der Waals surface area contributed by atoms with Crippen molar-refractivity contribution >= 4 is 5.91 Å². The third-order valence-electron chi connectivity index (χ3n) is 4.77. The highest BCUT2D eigenvalue weighted by Gasteiger charge is 2.34. The number of amides is 1. The average Bonchev–Trinajstić information content (AvgIpc) is 2.65. The summed E-state index contributed by atoms with van der Waals surface area (Å²) in [6.07, 6.45) is 0.817. The predicted octanol–water partition coefficient (Wildman–Crippen LogP) is 3.83. The minimum atomic E-state index is -0.0975. The number of nitrogens with zero attached hydrogens (tertiary/aromatic N) is 1. The molecule has 0 radical (unpaired) electrons. The van der Waals surface area contributed by atoms with E-state index in [1.54, 1.807) is 14.2 Å². The first-order valence-corrected chi connectivity index (χ1v) is 8.67. The summed E-state index contributed by atoms with van der Waals surface area (Å²) in [6, 6.07) is 14.2. The number of ether oxygens (including phenoxy) is 2. The molecule has 0 aromatic heterocycles. The van der Waals surface area contributed by atoms with E-state index in [0.717, 1.165) is 23.3 Å². The molecule has 132 valence electrons. The molecule has 4 heteroatoms. The third kappa shape index (κ3) is 3.21. The van der Waals surface area contributed by atoms with E-state index in [1.807, 2.05) is 49.1 Å². The van der Waals surface area contributed by atoms with Gasteiger partial charge in [-0.15, -0.1) is 0 Å². The van der Waals surface area contributed by atoms with Crippen LogP contribution in [0.15, 0.2) is 42.5 Å². The topological polar surface area (TPSA) is 38.8 Å². The van der Waals surface area contributed by atoms with Gasteiger partial charge < -0.3 is 14.4 Å². The number of carbonyl (C=O) groups is 1. The van der Waals surface area contributed by atoms with E-state index in [-0.39, 0.29) is 17.9 Å². The monoisotopic (exact) mass is 339 g/mol. The lowest BCUT2D eigenvalue weighted by Gasteiger charge is -2.39. The fourth-order valence-corrected chi connectivity index (χ4v) is 3.51. The third-order valence-corrected chi connectivity index (χ3v) is 4.77. The van der Waals surface area contributed by atoms with Gasteiger partial charge in [-0.1, -0.05) is 44.2 Å². The van der Waals surface area contributed by atoms with Gasteiger partial charge in [-0.2, -0.15) is 0 Å². The maximum absolute atomic E-state index is 12.8. The summed E-state index contributed by atoms with van der Waals surface area (Å²) in [5, 5.41) is 0. The standard InChI is InChI=1S/C21H25NO3/c1-14(2)21(23)22-11-10-16-12-18(24-3)19(25-4)13-17(16)20(22)15-8-6-5-7-9-15/h5-9,12-14,20H,10-11H2,1-4H3. The lowest BCUT2D eigenvalue weighted by molar-refractivity contribution is -0.136. The van der Waals surface area contributed by atoms with Gasteiger partial charge in [0, 0.05) is 12.5 Å². The van der Waals surface area contributed by atoms with Crippen LogP contribution in [0.1, 0.15) is 36.6 Å². The molecule has 0 saturated heterocycles. The summed E-state index contributed by atoms with van der Waals surface area (Å²) in [5.74, 6) is 1.57. The van der Waals surface area contributed by atoms with Gasteiger partial charge >= 0.3 is 0 Å². The number of fused-ring (bicyclic) bond motifs is 1. The molecule has 0 spiro atoms. The molecular formula is C21H25NO3. The number of rotatable bonds is 4. The molecule has 3 rings (SSSR count). The second-order valence-electron chi connectivity index (χ2n) is 6.66. The Labute approximate surface area is 149 Å². The smallest absolute Gasteiger partial charge is 0.225 e. The molecule has 1 atom stereocenters. The van der Waals surface area contributed by atoms with Gasteiger partial charge in [0.05, 0.1) is 20.3 Å². The summed E-state index contributed by atoms with van der Waals surface area (Å²) >= 11 is 0. The normalized spacial score (nSPS) is 16.5. The van der Waals surface area contributed by atoms with E-state index in [0.29, 0.717) is 12.3 Å². The second kappa shape index (κ2) is 7.18. The predicted molar refractivity (Wildman–Crippen MR) is 98.1 cm³/mol. The van der Waals surface area contributed by atoms with Crippen LogP contribution in [0.4, 0.5) is 0 Å². The van der Waals surface area contributed by atoms with Crippen LogP contribution in [-0.4, -0.2) is 31.6 Å². The molecule has 0 bridgehead atoms. The van der Waals surface area contributed by atoms with Crippen molar-refractivity contribution in [3.63, 3.8) is 0 Å². The highest BCUT2D eigenvalue weighted by molar-refractivity contribution is 5.79. The summed E-state index contributed by atoms with van der Waals surface area (Å²) < 4.78 is 11.0. The number of carbonyl (C=O) groups excluding carboxylic acids is 1. The zero-order valence-electron chi connectivity index (χ0n) is 15.3. The Morgan fingerprint density at radius 1 is 1.08 bits per heavy atom. The average molecular weight is 339 g/mol. The van der Waals surface area contributed by atoms with Crippen molar-refractivity contribution in [2.45, 2.75) is 26.3 Å². The minimum Gasteiger partial charge on any atom is -0.493 e. The molecule has 1 unspecified atom stereocenters. The summed E-state index contributed by atoms with van der Waals surface area (Å²) in [4.78, 5) is 14.8. The van der Waals surface area contributed by atoms with Gasteiger partial charge in [0.25, 0.3) is 0 Å². The van der Waals surface area contributed by atoms with Crippen LogP contribution < -0.4 is 9.47 Å². The zero-order chi connectivity index (χ0) is 18.0. The van der Waals surface area contributed by atoms with Crippen LogP contribution in [-0.2, 0) is 11.2 Å². The Hall–Kier alpha value is -2.49. The van der Waals surface area contributed by atoms with Crippen LogP contribution in [0.2, 0.25) is 0 Å². The van der Waals surface area contributed by atoms with Crippen LogP contribution >= 0.6 is 0 Å². The quantitative estimate of drug-likeness (QED) is 0.850. The molecule has 1 amide bonds. The molecular weight excluding hydrogens is 314 g/mol. The fraction of sp³-hybridized carbons (Fsp3) is 0.381. The molecule has 1 heterocycles. The maximum Gasteiger partial charge on any atom is 0.225 e. The first-order valence-electron chi connectivity index (χ1n) is 8.67. The molecule has 4 nitrogen and oxygen atoms in total. The van der Waals surface area contributed by atoms with E-state index < -0.39 is 0 Å². The molecule has 2 aromatic rings. The van der Waals surface area contributed by atoms with Gasteiger partial charge in [-0.25, -0.2) is 0 Å². The number of benzene rings is 2. The molecule has 1 aliphatic rings. The van der Waals surface area contributed by atoms with Crippen LogP contribution in [0.25, 0.3) is 0 Å². The van der Waals surface area contributed by atoms with Gasteiger partial charge in [0.15, 0.2) is 11.5 Å². The Balaban J connectivity index is 2.15. The lowest BCUT2D eigenvalue weighted by atomic mass is 9.87. The Kier molecular flexibility index (Phi) is 4.98. The summed E-state index contributed by atoms with van der Waals surface area (Å²) in [7, 11) is 3.29. The van der Waals surface area contributed by atoms with Crippen molar-refractivity contribution < 1.29 is 14.3 Å². The number of hydrogen-bond acceptors (Lipinski definition) is 3. The minimum absolute atomic E-state index is 0.0343. The van der Waals surface area contributed by atoms with E-state index in [4.69, 9.17) is 9.47 Å². The zero-order valence-corrected chi connectivity index (χ0v) is 15.3. The van der Waals surface area contributed by atoms with Crippen LogP contribution in [0.3, 0.4) is 0 Å². The van der Waals surface area contributed by atoms with Gasteiger partial charge in [-0.05, 0) is 35.2 Å². The Morgan fingerprint density at radius 3 is 2.32 bits per heavy atom. The van der Waals surface area contributed by atoms with E-state index >= 15 is 0 Å². The van der Waals surface area contributed by atoms with Gasteiger partial charge in [0.1, 0.15) is 0 Å². The van der Waals surface area contributed by atoms with Crippen molar-refractivity contribution in [3.8, 4) is 11.5 Å². The van der Waals surface area contributed by atoms with E-state index in [9.17, 15) is 4.79 Å². The SMILES string of the molecule is COc1cc2c(cc1OC)C(c1ccccc1)N(C(=O)C(C)C)CC2. The first-order chi connectivity index (χ1) is 12.1. The van der Waals surface area contributed by atoms with Crippen molar-refractivity contribution in [2.24, 2.45) is 5.92 Å². The largest absolute Gasteiger partial charge is 0.493 e. The van der Waals surface area contributed by atoms with Crippen molar-refractivity contribution in [2.75, 3.05) is 20.8 Å². The van der Waals surface area contributed by atoms with Crippen LogP contribution in [0.5, 0.6) is 11.5 Å². The molecule has 0 N–H and O–H groups in total. The maximum atomic E-state index is 12.8. The number of hydrogen-bond donors (Lipinski definition) is 0. The fourth-order valence-electron chi connectivity index (χ4n) is 3.51. The molecule has 0 saturated carbocycles. The van der Waals surface area contributed by atoms with Crippen LogP contribution in [0, 0.1) is 5.92 Å². The lowest BCUT2D eigenvalue weighted by Crippen LogP contribution is -2.42. The van der Waals surface area contributed by atoms with Gasteiger partial charge in [0.2, 0.25) is 5.91 Å². The molecule has 2 aromatic carbocycles. The second-order valence-corrected chi connectivity index (χ2v) is 6.66. The van der Waals surface area contributed by atoms with Crippen molar-refractivity contribution in [3.05, 3.63) is 59.2 Å². The van der Waals surface area contributed by atoms with E-state index in [1.165, 1.54) is 5.56 Å². The van der Waals surface area contributed by atoms with E-state index in [2.05, 4.69) is 12.1 Å². The first kappa shape index (κ1) is 17.3. The molecule has 0 fully saturated rings. The number of methoxy groups -OCH3 is 2. The van der Waals surface area contributed by atoms with Crippen molar-refractivity contribution in [1.29, 1.82) is 0 Å². The highest BCUT2D eigenvalue weighted by Crippen LogP contribution is 2.41.